The molecule has 1 aliphatic heterocycles. The van der Waals surface area contributed by atoms with Crippen LogP contribution >= 0.6 is 0 Å². The first-order chi connectivity index (χ1) is 19.2. The van der Waals surface area contributed by atoms with Gasteiger partial charge in [0.15, 0.2) is 0 Å². The van der Waals surface area contributed by atoms with Crippen LogP contribution in [0.3, 0.4) is 0 Å². The van der Waals surface area contributed by atoms with Crippen molar-refractivity contribution in [1.29, 1.82) is 0 Å². The van der Waals surface area contributed by atoms with E-state index in [1.165, 1.54) is 6.08 Å². The number of rotatable bonds is 13. The summed E-state index contributed by atoms with van der Waals surface area (Å²) >= 11 is 0. The number of fused-ring (bicyclic) bond motifs is 1. The Morgan fingerprint density at radius 1 is 1.00 bits per heavy atom. The molecule has 4 amide bonds. The van der Waals surface area contributed by atoms with Crippen LogP contribution in [0.4, 0.5) is 0 Å². The second kappa shape index (κ2) is 13.3. The molecule has 5 atom stereocenters. The average Bonchev–Trinajstić information content (AvgIpc) is 3.23. The van der Waals surface area contributed by atoms with E-state index in [-0.39, 0.29) is 53.4 Å². The molecule has 3 N–H and O–H groups in total. The fourth-order valence-corrected chi connectivity index (χ4v) is 6.77. The second-order valence-corrected chi connectivity index (χ2v) is 13.9. The zero-order valence-corrected chi connectivity index (χ0v) is 25.6. The predicted molar refractivity (Wildman–Crippen MR) is 158 cm³/mol. The zero-order chi connectivity index (χ0) is 30.5. The van der Waals surface area contributed by atoms with E-state index >= 15 is 0 Å². The highest BCUT2D eigenvalue weighted by atomic mass is 16.2. The Labute approximate surface area is 245 Å². The molecule has 228 valence electrons. The molecule has 3 aliphatic rings. The largest absolute Gasteiger partial charge is 0.346 e. The van der Waals surface area contributed by atoms with E-state index in [9.17, 15) is 24.0 Å². The number of nitrogens with zero attached hydrogens (tertiary/aromatic N) is 1. The summed E-state index contributed by atoms with van der Waals surface area (Å²) in [7, 11) is 0. The lowest BCUT2D eigenvalue weighted by molar-refractivity contribution is -0.146. The maximum absolute atomic E-state index is 14.2. The van der Waals surface area contributed by atoms with Crippen molar-refractivity contribution in [3.8, 4) is 0 Å². The minimum atomic E-state index is -1.04. The van der Waals surface area contributed by atoms with Gasteiger partial charge in [-0.15, -0.1) is 13.2 Å². The summed E-state index contributed by atoms with van der Waals surface area (Å²) in [5, 5.41) is 8.37. The molecular formula is C32H50N4O5. The molecule has 3 rings (SSSR count). The van der Waals surface area contributed by atoms with Crippen molar-refractivity contribution in [1.82, 2.24) is 20.9 Å². The average molecular weight is 571 g/mol. The quantitative estimate of drug-likeness (QED) is 0.232. The molecule has 1 heterocycles. The number of nitrogens with one attached hydrogen (secondary N) is 3. The van der Waals surface area contributed by atoms with Gasteiger partial charge >= 0.3 is 0 Å². The number of ketones is 1. The molecule has 0 aromatic heterocycles. The van der Waals surface area contributed by atoms with Crippen molar-refractivity contribution < 1.29 is 24.0 Å². The third kappa shape index (κ3) is 7.86. The molecule has 0 bridgehead atoms. The minimum Gasteiger partial charge on any atom is -0.346 e. The summed E-state index contributed by atoms with van der Waals surface area (Å²) in [6, 6.07) is -2.50. The first kappa shape index (κ1) is 32.5. The molecule has 9 heteroatoms. The van der Waals surface area contributed by atoms with Gasteiger partial charge in [-0.2, -0.15) is 0 Å². The lowest BCUT2D eigenvalue weighted by atomic mass is 9.82. The van der Waals surface area contributed by atoms with E-state index < -0.39 is 35.7 Å². The Morgan fingerprint density at radius 2 is 1.66 bits per heavy atom. The summed E-state index contributed by atoms with van der Waals surface area (Å²) in [4.78, 5) is 68.2. The standard InChI is InChI=1S/C32H50N4O5/c1-8-10-16-22(27(38)29(40)33-17-9-2)34-28(39)26-24-21(32(24,6)7)19-36(26)30(41)25(20-14-12-11-13-15-20)35-23(37)18-31(3,4)5/h8-9,20-22,24-26H,1-2,10-19H2,3-7H3,(H,33,40)(H,34,39)(H,35,37)/t21?,22-,24?,25?,26?/m0/s1. The highest BCUT2D eigenvalue weighted by molar-refractivity contribution is 6.38. The Hall–Kier alpha value is -2.97. The van der Waals surface area contributed by atoms with Gasteiger partial charge in [0.25, 0.3) is 5.91 Å². The van der Waals surface area contributed by atoms with Crippen LogP contribution in [-0.4, -0.2) is 65.5 Å². The Morgan fingerprint density at radius 3 is 2.24 bits per heavy atom. The summed E-state index contributed by atoms with van der Waals surface area (Å²) in [6.07, 6.45) is 8.90. The first-order valence-electron chi connectivity index (χ1n) is 15.2. The van der Waals surface area contributed by atoms with E-state index in [1.807, 2.05) is 20.8 Å². The Balaban J connectivity index is 1.85. The van der Waals surface area contributed by atoms with Crippen LogP contribution in [0.1, 0.15) is 86.0 Å². The van der Waals surface area contributed by atoms with Crippen LogP contribution < -0.4 is 16.0 Å². The van der Waals surface area contributed by atoms with Gasteiger partial charge < -0.3 is 20.9 Å². The van der Waals surface area contributed by atoms with Crippen molar-refractivity contribution >= 4 is 29.4 Å². The number of Topliss-reactive ketones (excluding diaryl/α,β-unsaturated/α-hetero) is 1. The van der Waals surface area contributed by atoms with Gasteiger partial charge in [-0.3, -0.25) is 24.0 Å². The van der Waals surface area contributed by atoms with Gasteiger partial charge in [0.2, 0.25) is 23.5 Å². The van der Waals surface area contributed by atoms with Crippen LogP contribution in [-0.2, 0) is 24.0 Å². The van der Waals surface area contributed by atoms with E-state index in [0.29, 0.717) is 19.4 Å². The fourth-order valence-electron chi connectivity index (χ4n) is 6.77. The molecule has 9 nitrogen and oxygen atoms in total. The highest BCUT2D eigenvalue weighted by Gasteiger charge is 2.69. The van der Waals surface area contributed by atoms with Crippen molar-refractivity contribution in [2.24, 2.45) is 28.6 Å². The topological polar surface area (TPSA) is 125 Å². The number of carbonyl (C=O) groups excluding carboxylic acids is 5. The summed E-state index contributed by atoms with van der Waals surface area (Å²) < 4.78 is 0. The first-order valence-corrected chi connectivity index (χ1v) is 15.2. The van der Waals surface area contributed by atoms with Crippen molar-refractivity contribution in [3.05, 3.63) is 25.3 Å². The molecule has 3 fully saturated rings. The van der Waals surface area contributed by atoms with Crippen LogP contribution in [0.5, 0.6) is 0 Å². The number of likely N-dealkylation sites (tertiary alicyclic amines) is 1. The lowest BCUT2D eigenvalue weighted by Gasteiger charge is -2.37. The molecule has 0 aromatic carbocycles. The minimum absolute atomic E-state index is 0.0179. The summed E-state index contributed by atoms with van der Waals surface area (Å²) in [6.45, 7) is 18.0. The molecule has 2 saturated carbocycles. The zero-order valence-electron chi connectivity index (χ0n) is 25.6. The monoisotopic (exact) mass is 570 g/mol. The van der Waals surface area contributed by atoms with Crippen molar-refractivity contribution in [2.45, 2.75) is 104 Å². The van der Waals surface area contributed by atoms with Gasteiger partial charge in [0, 0.05) is 19.5 Å². The van der Waals surface area contributed by atoms with Gasteiger partial charge in [-0.05, 0) is 54.3 Å². The van der Waals surface area contributed by atoms with Crippen LogP contribution in [0.15, 0.2) is 25.3 Å². The molecule has 41 heavy (non-hydrogen) atoms. The van der Waals surface area contributed by atoms with E-state index in [0.717, 1.165) is 32.1 Å². The summed E-state index contributed by atoms with van der Waals surface area (Å²) in [5.41, 5.74) is -0.354. The van der Waals surface area contributed by atoms with Crippen LogP contribution in [0.25, 0.3) is 0 Å². The second-order valence-electron chi connectivity index (χ2n) is 13.9. The van der Waals surface area contributed by atoms with Gasteiger partial charge in [0.05, 0.1) is 6.04 Å². The third-order valence-corrected chi connectivity index (χ3v) is 9.08. The molecule has 1 saturated heterocycles. The van der Waals surface area contributed by atoms with Gasteiger partial charge in [-0.25, -0.2) is 0 Å². The Bertz CT molecular complexity index is 1040. The fraction of sp³-hybridized carbons (Fsp3) is 0.719. The highest BCUT2D eigenvalue weighted by Crippen LogP contribution is 2.65. The SMILES string of the molecule is C=CCC[C@H](NC(=O)C1C2C(CN1C(=O)C(NC(=O)CC(C)(C)C)C1CCCCC1)C2(C)C)C(=O)C(=O)NCC=C. The summed E-state index contributed by atoms with van der Waals surface area (Å²) in [5.74, 6) is -2.23. The number of piperidine rings is 1. The van der Waals surface area contributed by atoms with E-state index in [4.69, 9.17) is 0 Å². The van der Waals surface area contributed by atoms with Crippen LogP contribution in [0, 0.1) is 28.6 Å². The van der Waals surface area contributed by atoms with Crippen molar-refractivity contribution in [2.75, 3.05) is 13.1 Å². The molecule has 4 unspecified atom stereocenters. The molecule has 0 aromatic rings. The number of carbonyl (C=O) groups is 5. The smallest absolute Gasteiger partial charge is 0.289 e. The Kier molecular flexibility index (Phi) is 10.6. The molecule has 0 spiro atoms. The van der Waals surface area contributed by atoms with Crippen LogP contribution in [0.2, 0.25) is 0 Å². The number of allylic oxidation sites excluding steroid dienone is 1. The number of amides is 4. The number of hydrogen-bond donors (Lipinski definition) is 3. The van der Waals surface area contributed by atoms with Gasteiger partial charge in [-0.1, -0.05) is 66.0 Å². The van der Waals surface area contributed by atoms with E-state index in [2.05, 4.69) is 43.0 Å². The lowest BCUT2D eigenvalue weighted by Crippen LogP contribution is -2.59. The van der Waals surface area contributed by atoms with Gasteiger partial charge in [0.1, 0.15) is 12.1 Å². The normalized spacial score (nSPS) is 24.8. The predicted octanol–water partition coefficient (Wildman–Crippen LogP) is 3.29. The molecule has 0 radical (unpaired) electrons. The molecule has 2 aliphatic carbocycles. The van der Waals surface area contributed by atoms with Crippen molar-refractivity contribution in [3.63, 3.8) is 0 Å². The van der Waals surface area contributed by atoms with E-state index in [1.54, 1.807) is 11.0 Å². The maximum atomic E-state index is 14.2. The number of hydrogen-bond acceptors (Lipinski definition) is 5. The third-order valence-electron chi connectivity index (χ3n) is 9.08. The maximum Gasteiger partial charge on any atom is 0.289 e. The molecular weight excluding hydrogens is 520 g/mol.